The molecule has 0 radical (unpaired) electrons. The molecular formula is C12H26N4. The first-order valence-electron chi connectivity index (χ1n) is 6.16. The molecule has 1 saturated heterocycles. The molecule has 94 valence electrons. The predicted molar refractivity (Wildman–Crippen MR) is 68.9 cm³/mol. The van der Waals surface area contributed by atoms with Crippen LogP contribution in [0.25, 0.3) is 0 Å². The topological polar surface area (TPSA) is 56.4 Å². The van der Waals surface area contributed by atoms with Crippen LogP contribution >= 0.6 is 0 Å². The molecule has 4 nitrogen and oxygen atoms in total. The summed E-state index contributed by atoms with van der Waals surface area (Å²) in [5.74, 6) is 0.362. The average molecular weight is 226 g/mol. The Kier molecular flexibility index (Phi) is 4.74. The van der Waals surface area contributed by atoms with Gasteiger partial charge in [0.25, 0.3) is 0 Å². The molecule has 1 heterocycles. The van der Waals surface area contributed by atoms with E-state index in [2.05, 4.69) is 30.8 Å². The second-order valence-electron chi connectivity index (χ2n) is 5.47. The van der Waals surface area contributed by atoms with Gasteiger partial charge in [0, 0.05) is 5.41 Å². The highest BCUT2D eigenvalue weighted by Gasteiger charge is 2.32. The van der Waals surface area contributed by atoms with E-state index in [4.69, 9.17) is 11.1 Å². The van der Waals surface area contributed by atoms with Crippen LogP contribution in [0.2, 0.25) is 0 Å². The monoisotopic (exact) mass is 226 g/mol. The minimum absolute atomic E-state index is 0.0436. The van der Waals surface area contributed by atoms with Crippen LogP contribution < -0.4 is 5.73 Å². The van der Waals surface area contributed by atoms with Gasteiger partial charge in [0.2, 0.25) is 0 Å². The van der Waals surface area contributed by atoms with Gasteiger partial charge in [-0.1, -0.05) is 6.92 Å². The number of nitrogens with two attached hydrogens (primary N) is 1. The van der Waals surface area contributed by atoms with E-state index in [9.17, 15) is 0 Å². The van der Waals surface area contributed by atoms with Crippen molar-refractivity contribution in [3.8, 4) is 0 Å². The summed E-state index contributed by atoms with van der Waals surface area (Å²) in [6, 6.07) is 0. The van der Waals surface area contributed by atoms with Gasteiger partial charge < -0.3 is 15.5 Å². The van der Waals surface area contributed by atoms with Gasteiger partial charge >= 0.3 is 0 Å². The molecule has 0 aromatic carbocycles. The molecule has 0 aromatic heterocycles. The van der Waals surface area contributed by atoms with Gasteiger partial charge in [-0.3, -0.25) is 5.41 Å². The predicted octanol–water partition coefficient (Wildman–Crippen LogP) is 0.976. The van der Waals surface area contributed by atoms with Gasteiger partial charge in [-0.15, -0.1) is 0 Å². The molecule has 1 rings (SSSR count). The number of likely N-dealkylation sites (tertiary alicyclic amines) is 1. The van der Waals surface area contributed by atoms with E-state index in [0.29, 0.717) is 5.84 Å². The van der Waals surface area contributed by atoms with Crippen LogP contribution in [-0.4, -0.2) is 55.9 Å². The zero-order chi connectivity index (χ0) is 12.2. The summed E-state index contributed by atoms with van der Waals surface area (Å²) in [7, 11) is 4.23. The number of hydrogen-bond donors (Lipinski definition) is 2. The Morgan fingerprint density at radius 2 is 1.94 bits per heavy atom. The lowest BCUT2D eigenvalue weighted by Crippen LogP contribution is -2.45. The lowest BCUT2D eigenvalue weighted by Gasteiger charge is -2.38. The van der Waals surface area contributed by atoms with Crippen LogP contribution in [0.4, 0.5) is 0 Å². The highest BCUT2D eigenvalue weighted by Crippen LogP contribution is 2.30. The van der Waals surface area contributed by atoms with Gasteiger partial charge in [0.05, 0.1) is 5.84 Å². The van der Waals surface area contributed by atoms with E-state index < -0.39 is 0 Å². The van der Waals surface area contributed by atoms with Crippen LogP contribution in [0.3, 0.4) is 0 Å². The minimum Gasteiger partial charge on any atom is -0.387 e. The van der Waals surface area contributed by atoms with Gasteiger partial charge in [-0.25, -0.2) is 0 Å². The van der Waals surface area contributed by atoms with Crippen molar-refractivity contribution in [1.82, 2.24) is 9.80 Å². The summed E-state index contributed by atoms with van der Waals surface area (Å²) in [5.41, 5.74) is 5.60. The largest absolute Gasteiger partial charge is 0.387 e. The van der Waals surface area contributed by atoms with Gasteiger partial charge in [0.15, 0.2) is 0 Å². The molecule has 3 N–H and O–H groups in total. The van der Waals surface area contributed by atoms with Crippen LogP contribution in [0.1, 0.15) is 26.2 Å². The third kappa shape index (κ3) is 3.76. The summed E-state index contributed by atoms with van der Waals surface area (Å²) in [5, 5.41) is 7.60. The molecule has 0 saturated carbocycles. The molecule has 1 aliphatic rings. The van der Waals surface area contributed by atoms with Gasteiger partial charge in [0.1, 0.15) is 0 Å². The second-order valence-corrected chi connectivity index (χ2v) is 5.47. The number of piperidine rings is 1. The summed E-state index contributed by atoms with van der Waals surface area (Å²) < 4.78 is 0. The maximum Gasteiger partial charge on any atom is 0.0966 e. The van der Waals surface area contributed by atoms with Gasteiger partial charge in [-0.2, -0.15) is 0 Å². The first-order chi connectivity index (χ1) is 7.44. The summed E-state index contributed by atoms with van der Waals surface area (Å²) in [6.07, 6.45) is 3.29. The SMILES string of the molecule is CN(C)CCCN1CCC(C)(C(=N)N)CC1. The van der Waals surface area contributed by atoms with Crippen molar-refractivity contribution in [2.45, 2.75) is 26.2 Å². The molecule has 0 atom stereocenters. The highest BCUT2D eigenvalue weighted by molar-refractivity contribution is 5.83. The summed E-state index contributed by atoms with van der Waals surface area (Å²) in [6.45, 7) is 6.62. The molecule has 1 fully saturated rings. The maximum absolute atomic E-state index is 7.60. The second kappa shape index (κ2) is 5.64. The van der Waals surface area contributed by atoms with Crippen molar-refractivity contribution >= 4 is 5.84 Å². The van der Waals surface area contributed by atoms with Crippen LogP contribution in [0.5, 0.6) is 0 Å². The minimum atomic E-state index is -0.0436. The van der Waals surface area contributed by atoms with Crippen molar-refractivity contribution in [2.75, 3.05) is 40.3 Å². The molecule has 0 spiro atoms. The fraction of sp³-hybridized carbons (Fsp3) is 0.917. The van der Waals surface area contributed by atoms with E-state index in [1.165, 1.54) is 13.0 Å². The summed E-state index contributed by atoms with van der Waals surface area (Å²) in [4.78, 5) is 4.72. The Labute approximate surface area is 99.3 Å². The van der Waals surface area contributed by atoms with Crippen molar-refractivity contribution in [1.29, 1.82) is 5.41 Å². The Bertz CT molecular complexity index is 229. The van der Waals surface area contributed by atoms with E-state index in [1.54, 1.807) is 0 Å². The standard InChI is InChI=1S/C12H26N4/c1-12(11(13)14)5-9-16(10-6-12)8-4-7-15(2)3/h4-10H2,1-3H3,(H3,13,14). The zero-order valence-electron chi connectivity index (χ0n) is 10.9. The van der Waals surface area contributed by atoms with Crippen molar-refractivity contribution in [2.24, 2.45) is 11.1 Å². The first kappa shape index (κ1) is 13.5. The lowest BCUT2D eigenvalue weighted by molar-refractivity contribution is 0.157. The Balaban J connectivity index is 2.24. The quantitative estimate of drug-likeness (QED) is 0.542. The normalized spacial score (nSPS) is 21.2. The molecule has 1 aliphatic heterocycles. The third-order valence-corrected chi connectivity index (χ3v) is 3.69. The fourth-order valence-electron chi connectivity index (χ4n) is 2.15. The molecule has 0 amide bonds. The molecule has 0 aromatic rings. The Hall–Kier alpha value is -0.610. The maximum atomic E-state index is 7.60. The molecule has 0 aliphatic carbocycles. The van der Waals surface area contributed by atoms with Gasteiger partial charge in [-0.05, 0) is 59.5 Å². The fourth-order valence-corrected chi connectivity index (χ4v) is 2.15. The number of nitrogens with one attached hydrogen (secondary N) is 1. The Morgan fingerprint density at radius 1 is 1.38 bits per heavy atom. The van der Waals surface area contributed by atoms with E-state index in [0.717, 1.165) is 32.5 Å². The lowest BCUT2D eigenvalue weighted by atomic mass is 9.79. The molecule has 16 heavy (non-hydrogen) atoms. The number of nitrogens with zero attached hydrogens (tertiary/aromatic N) is 2. The zero-order valence-corrected chi connectivity index (χ0v) is 10.9. The first-order valence-corrected chi connectivity index (χ1v) is 6.16. The third-order valence-electron chi connectivity index (χ3n) is 3.69. The van der Waals surface area contributed by atoms with E-state index >= 15 is 0 Å². The smallest absolute Gasteiger partial charge is 0.0966 e. The van der Waals surface area contributed by atoms with Crippen LogP contribution in [0, 0.1) is 10.8 Å². The highest BCUT2D eigenvalue weighted by atomic mass is 15.1. The van der Waals surface area contributed by atoms with Crippen LogP contribution in [0.15, 0.2) is 0 Å². The average Bonchev–Trinajstić information content (AvgIpc) is 2.20. The molecule has 4 heteroatoms. The van der Waals surface area contributed by atoms with Crippen molar-refractivity contribution in [3.05, 3.63) is 0 Å². The van der Waals surface area contributed by atoms with E-state index in [1.807, 2.05) is 0 Å². The van der Waals surface area contributed by atoms with Crippen LogP contribution in [-0.2, 0) is 0 Å². The molecule has 0 bridgehead atoms. The molecular weight excluding hydrogens is 200 g/mol. The summed E-state index contributed by atoms with van der Waals surface area (Å²) >= 11 is 0. The van der Waals surface area contributed by atoms with Crippen molar-refractivity contribution < 1.29 is 0 Å². The number of hydrogen-bond acceptors (Lipinski definition) is 3. The Morgan fingerprint density at radius 3 is 2.38 bits per heavy atom. The number of rotatable bonds is 5. The van der Waals surface area contributed by atoms with Crippen molar-refractivity contribution in [3.63, 3.8) is 0 Å². The molecule has 0 unspecified atom stereocenters. The number of amidine groups is 1. The van der Waals surface area contributed by atoms with E-state index in [-0.39, 0.29) is 5.41 Å².